The molecule has 0 aliphatic carbocycles. The lowest BCUT2D eigenvalue weighted by molar-refractivity contribution is 0.313. The lowest BCUT2D eigenvalue weighted by atomic mass is 10.2. The highest BCUT2D eigenvalue weighted by molar-refractivity contribution is 5.83. The Kier molecular flexibility index (Phi) is 5.74. The van der Waals surface area contributed by atoms with E-state index >= 15 is 0 Å². The van der Waals surface area contributed by atoms with E-state index in [0.717, 1.165) is 37.9 Å². The fourth-order valence-electron chi connectivity index (χ4n) is 4.01. The van der Waals surface area contributed by atoms with E-state index in [1.807, 2.05) is 18.3 Å². The van der Waals surface area contributed by atoms with Crippen molar-refractivity contribution < 1.29 is 13.5 Å². The van der Waals surface area contributed by atoms with E-state index in [0.29, 0.717) is 22.9 Å². The van der Waals surface area contributed by atoms with Gasteiger partial charge in [0.2, 0.25) is 5.88 Å². The Balaban J connectivity index is 1.35. The topological polar surface area (TPSA) is 82.2 Å². The molecule has 1 aliphatic heterocycles. The Bertz CT molecular complexity index is 1330. The van der Waals surface area contributed by atoms with Crippen molar-refractivity contribution in [3.8, 4) is 11.6 Å². The number of fused-ring (bicyclic) bond motifs is 1. The van der Waals surface area contributed by atoms with Crippen LogP contribution in [0.4, 0.5) is 26.1 Å². The highest BCUT2D eigenvalue weighted by atomic mass is 19.1. The summed E-state index contributed by atoms with van der Waals surface area (Å²) in [5, 5.41) is 3.28. The number of hydrogen-bond donors (Lipinski definition) is 2. The molecule has 176 valence electrons. The summed E-state index contributed by atoms with van der Waals surface area (Å²) in [5.41, 5.74) is 2.36. The van der Waals surface area contributed by atoms with Gasteiger partial charge in [0.15, 0.2) is 17.4 Å². The standard InChI is InChI=1S/C24H25F2N7O/c1-14-10-17-21(26)19(11-18(25)22(17)30-14)34-24-15(2)23(28-13-29-24)31-20-5-4-16(12-27-20)33-8-6-32(3)7-9-33/h4-5,10-13,30H,6-9H2,1-3H3,(H,27,28,29,31). The maximum atomic E-state index is 15.0. The molecule has 4 aromatic rings. The van der Waals surface area contributed by atoms with Crippen LogP contribution in [0.5, 0.6) is 11.6 Å². The van der Waals surface area contributed by atoms with Crippen LogP contribution in [0.25, 0.3) is 10.9 Å². The van der Waals surface area contributed by atoms with Gasteiger partial charge in [-0.2, -0.15) is 0 Å². The van der Waals surface area contributed by atoms with Gasteiger partial charge in [-0.25, -0.2) is 23.7 Å². The fraction of sp³-hybridized carbons (Fsp3) is 0.292. The Labute approximate surface area is 195 Å². The number of pyridine rings is 1. The molecule has 2 N–H and O–H groups in total. The Morgan fingerprint density at radius 1 is 1.03 bits per heavy atom. The molecule has 3 aromatic heterocycles. The zero-order valence-electron chi connectivity index (χ0n) is 19.2. The third-order valence-corrected chi connectivity index (χ3v) is 6.01. The van der Waals surface area contributed by atoms with Crippen molar-refractivity contribution in [3.05, 3.63) is 59.7 Å². The maximum Gasteiger partial charge on any atom is 0.227 e. The fourth-order valence-corrected chi connectivity index (χ4v) is 4.01. The molecule has 0 saturated carbocycles. The number of ether oxygens (including phenoxy) is 1. The first-order valence-electron chi connectivity index (χ1n) is 11.0. The molecule has 0 radical (unpaired) electrons. The lowest BCUT2D eigenvalue weighted by Gasteiger charge is -2.33. The number of halogens is 2. The average Bonchev–Trinajstić information content (AvgIpc) is 3.23. The van der Waals surface area contributed by atoms with Gasteiger partial charge < -0.3 is 24.8 Å². The van der Waals surface area contributed by atoms with Gasteiger partial charge in [-0.15, -0.1) is 0 Å². The molecule has 1 saturated heterocycles. The van der Waals surface area contributed by atoms with Crippen LogP contribution in [-0.2, 0) is 0 Å². The number of anilines is 3. The van der Waals surface area contributed by atoms with Crippen LogP contribution in [0.2, 0.25) is 0 Å². The molecule has 4 heterocycles. The van der Waals surface area contributed by atoms with E-state index in [9.17, 15) is 8.78 Å². The summed E-state index contributed by atoms with van der Waals surface area (Å²) >= 11 is 0. The van der Waals surface area contributed by atoms with Gasteiger partial charge in [0.05, 0.1) is 23.0 Å². The SMILES string of the molecule is Cc1cc2c(F)c(Oc3ncnc(Nc4ccc(N5CCN(C)CC5)cn4)c3C)cc(F)c2[nH]1. The quantitative estimate of drug-likeness (QED) is 0.448. The largest absolute Gasteiger partial charge is 0.435 e. The number of nitrogens with zero attached hydrogens (tertiary/aromatic N) is 5. The molecule has 0 amide bonds. The van der Waals surface area contributed by atoms with E-state index in [-0.39, 0.29) is 22.5 Å². The summed E-state index contributed by atoms with van der Waals surface area (Å²) in [6.07, 6.45) is 3.13. The van der Waals surface area contributed by atoms with Gasteiger partial charge in [-0.3, -0.25) is 0 Å². The Morgan fingerprint density at radius 2 is 1.82 bits per heavy atom. The number of H-pyrrole nitrogens is 1. The first-order valence-corrected chi connectivity index (χ1v) is 11.0. The molecule has 34 heavy (non-hydrogen) atoms. The molecule has 5 rings (SSSR count). The molecular weight excluding hydrogens is 440 g/mol. The van der Waals surface area contributed by atoms with Crippen LogP contribution in [0, 0.1) is 25.5 Å². The number of aromatic nitrogens is 4. The summed E-state index contributed by atoms with van der Waals surface area (Å²) in [6, 6.07) is 6.45. The molecule has 1 aromatic carbocycles. The van der Waals surface area contributed by atoms with Crippen LogP contribution in [0.3, 0.4) is 0 Å². The molecule has 8 nitrogen and oxygen atoms in total. The van der Waals surface area contributed by atoms with Gasteiger partial charge in [-0.1, -0.05) is 0 Å². The van der Waals surface area contributed by atoms with E-state index in [1.165, 1.54) is 12.4 Å². The van der Waals surface area contributed by atoms with Crippen LogP contribution in [-0.4, -0.2) is 58.1 Å². The van der Waals surface area contributed by atoms with Gasteiger partial charge in [0.1, 0.15) is 18.0 Å². The smallest absolute Gasteiger partial charge is 0.227 e. The molecule has 10 heteroatoms. The van der Waals surface area contributed by atoms with Gasteiger partial charge in [0, 0.05) is 43.3 Å². The lowest BCUT2D eigenvalue weighted by Crippen LogP contribution is -2.44. The average molecular weight is 466 g/mol. The van der Waals surface area contributed by atoms with Crippen molar-refractivity contribution in [1.29, 1.82) is 0 Å². The maximum absolute atomic E-state index is 15.0. The summed E-state index contributed by atoms with van der Waals surface area (Å²) in [5.74, 6) is -0.317. The molecule has 1 fully saturated rings. The number of likely N-dealkylation sites (N-methyl/N-ethyl adjacent to an activating group) is 1. The number of aryl methyl sites for hydroxylation is 1. The Morgan fingerprint density at radius 3 is 2.56 bits per heavy atom. The molecule has 0 bridgehead atoms. The third kappa shape index (κ3) is 4.24. The normalized spacial score (nSPS) is 14.6. The number of aromatic amines is 1. The highest BCUT2D eigenvalue weighted by Crippen LogP contribution is 2.34. The van der Waals surface area contributed by atoms with Crippen molar-refractivity contribution >= 4 is 28.2 Å². The van der Waals surface area contributed by atoms with Gasteiger partial charge in [-0.05, 0) is 39.1 Å². The van der Waals surface area contributed by atoms with Crippen LogP contribution in [0.1, 0.15) is 11.3 Å². The number of benzene rings is 1. The molecule has 0 atom stereocenters. The van der Waals surface area contributed by atoms with Crippen molar-refractivity contribution in [2.45, 2.75) is 13.8 Å². The first kappa shape index (κ1) is 22.0. The van der Waals surface area contributed by atoms with Crippen molar-refractivity contribution in [3.63, 3.8) is 0 Å². The second-order valence-electron chi connectivity index (χ2n) is 8.48. The number of rotatable bonds is 5. The zero-order chi connectivity index (χ0) is 23.8. The van der Waals surface area contributed by atoms with Crippen LogP contribution < -0.4 is 15.0 Å². The monoisotopic (exact) mass is 465 g/mol. The van der Waals surface area contributed by atoms with Crippen molar-refractivity contribution in [2.24, 2.45) is 0 Å². The van der Waals surface area contributed by atoms with Gasteiger partial charge >= 0.3 is 0 Å². The second-order valence-corrected chi connectivity index (χ2v) is 8.48. The molecular formula is C24H25F2N7O. The van der Waals surface area contributed by atoms with Gasteiger partial charge in [0.25, 0.3) is 0 Å². The molecule has 0 spiro atoms. The molecule has 1 aliphatic rings. The number of nitrogens with one attached hydrogen (secondary N) is 2. The summed E-state index contributed by atoms with van der Waals surface area (Å²) in [7, 11) is 2.12. The summed E-state index contributed by atoms with van der Waals surface area (Å²) < 4.78 is 35.1. The van der Waals surface area contributed by atoms with E-state index in [1.54, 1.807) is 13.8 Å². The van der Waals surface area contributed by atoms with E-state index < -0.39 is 11.6 Å². The Hall–Kier alpha value is -3.79. The third-order valence-electron chi connectivity index (χ3n) is 6.01. The second kappa shape index (κ2) is 8.86. The number of hydrogen-bond acceptors (Lipinski definition) is 7. The minimum atomic E-state index is -0.658. The molecule has 0 unspecified atom stereocenters. The minimum Gasteiger partial charge on any atom is -0.435 e. The van der Waals surface area contributed by atoms with Crippen LogP contribution >= 0.6 is 0 Å². The predicted octanol–water partition coefficient (Wildman–Crippen LogP) is 4.54. The predicted molar refractivity (Wildman–Crippen MR) is 127 cm³/mol. The van der Waals surface area contributed by atoms with E-state index in [2.05, 4.69) is 42.1 Å². The van der Waals surface area contributed by atoms with Crippen molar-refractivity contribution in [2.75, 3.05) is 43.4 Å². The van der Waals surface area contributed by atoms with Crippen LogP contribution in [0.15, 0.2) is 36.8 Å². The zero-order valence-corrected chi connectivity index (χ0v) is 19.2. The summed E-state index contributed by atoms with van der Waals surface area (Å²) in [6.45, 7) is 7.43. The van der Waals surface area contributed by atoms with E-state index in [4.69, 9.17) is 4.74 Å². The number of piperazine rings is 1. The highest BCUT2D eigenvalue weighted by Gasteiger charge is 2.19. The summed E-state index contributed by atoms with van der Waals surface area (Å²) in [4.78, 5) is 20.3. The first-order chi connectivity index (χ1) is 16.4. The minimum absolute atomic E-state index is 0.107. The van der Waals surface area contributed by atoms with Crippen molar-refractivity contribution in [1.82, 2.24) is 24.8 Å².